The van der Waals surface area contributed by atoms with Crippen LogP contribution < -0.4 is 16.0 Å². The number of anilines is 1. The van der Waals surface area contributed by atoms with Crippen LogP contribution in [-0.2, 0) is 0 Å². The molecule has 0 aliphatic carbocycles. The zero-order chi connectivity index (χ0) is 17.5. The first-order chi connectivity index (χ1) is 12.2. The average Bonchev–Trinajstić information content (AvgIpc) is 2.66. The molecular formula is C18H22FN5O. The molecule has 0 spiro atoms. The summed E-state index contributed by atoms with van der Waals surface area (Å²) in [6, 6.07) is 7.46. The van der Waals surface area contributed by atoms with Crippen LogP contribution in [0.4, 0.5) is 10.2 Å². The fourth-order valence-electron chi connectivity index (χ4n) is 2.88. The van der Waals surface area contributed by atoms with Gasteiger partial charge < -0.3 is 16.0 Å². The minimum Gasteiger partial charge on any atom is -0.368 e. The number of hydrogen-bond donors (Lipinski definition) is 3. The van der Waals surface area contributed by atoms with Crippen molar-refractivity contribution in [2.75, 3.05) is 31.5 Å². The lowest BCUT2D eigenvalue weighted by molar-refractivity contribution is 0.0955. The second-order valence-corrected chi connectivity index (χ2v) is 6.04. The molecular weight excluding hydrogens is 321 g/mol. The number of aromatic nitrogens is 2. The van der Waals surface area contributed by atoms with E-state index in [1.54, 1.807) is 6.33 Å². The van der Waals surface area contributed by atoms with Crippen molar-refractivity contribution in [2.45, 2.75) is 18.8 Å². The molecule has 1 aliphatic heterocycles. The van der Waals surface area contributed by atoms with Gasteiger partial charge in [0.25, 0.3) is 5.91 Å². The summed E-state index contributed by atoms with van der Waals surface area (Å²) in [5, 5.41) is 9.34. The van der Waals surface area contributed by atoms with Crippen LogP contribution in [0, 0.1) is 5.82 Å². The Kier molecular flexibility index (Phi) is 5.90. The minimum atomic E-state index is -0.355. The fourth-order valence-corrected chi connectivity index (χ4v) is 2.88. The first kappa shape index (κ1) is 17.3. The van der Waals surface area contributed by atoms with Crippen molar-refractivity contribution in [3.63, 3.8) is 0 Å². The normalized spacial score (nSPS) is 14.9. The lowest BCUT2D eigenvalue weighted by Gasteiger charge is -2.22. The highest BCUT2D eigenvalue weighted by molar-refractivity contribution is 5.94. The number of amides is 1. The Morgan fingerprint density at radius 1 is 1.16 bits per heavy atom. The fraction of sp³-hybridized carbons (Fsp3) is 0.389. The summed E-state index contributed by atoms with van der Waals surface area (Å²) in [5.74, 6) is 0.661. The number of halogens is 1. The Morgan fingerprint density at radius 2 is 1.92 bits per heavy atom. The van der Waals surface area contributed by atoms with Crippen molar-refractivity contribution in [3.05, 3.63) is 53.7 Å². The number of benzene rings is 1. The third-order valence-corrected chi connectivity index (χ3v) is 4.27. The first-order valence-electron chi connectivity index (χ1n) is 8.52. The summed E-state index contributed by atoms with van der Waals surface area (Å²) in [5.41, 5.74) is 1.51. The number of carbonyl (C=O) groups excluding carboxylic acids is 1. The summed E-state index contributed by atoms with van der Waals surface area (Å²) >= 11 is 0. The average molecular weight is 343 g/mol. The third-order valence-electron chi connectivity index (χ3n) is 4.27. The van der Waals surface area contributed by atoms with Crippen LogP contribution in [0.5, 0.6) is 0 Å². The van der Waals surface area contributed by atoms with E-state index in [0.29, 0.717) is 24.6 Å². The van der Waals surface area contributed by atoms with E-state index in [0.717, 1.165) is 37.4 Å². The Bertz CT molecular complexity index is 701. The van der Waals surface area contributed by atoms with Gasteiger partial charge in [0.2, 0.25) is 0 Å². The molecule has 0 atom stereocenters. The standard InChI is InChI=1S/C18H22FN5O/c19-15-3-1-14(2-4-15)18(25)22-10-9-21-17-11-16(23-12-24-17)13-5-7-20-8-6-13/h1-4,11-13,20H,5-10H2,(H,22,25)(H,21,23,24). The topological polar surface area (TPSA) is 78.9 Å². The van der Waals surface area contributed by atoms with Gasteiger partial charge in [0.15, 0.2) is 0 Å². The van der Waals surface area contributed by atoms with Gasteiger partial charge in [-0.3, -0.25) is 4.79 Å². The summed E-state index contributed by atoms with van der Waals surface area (Å²) in [6.45, 7) is 3.04. The molecule has 25 heavy (non-hydrogen) atoms. The van der Waals surface area contributed by atoms with E-state index in [4.69, 9.17) is 0 Å². The van der Waals surface area contributed by atoms with Gasteiger partial charge in [0.05, 0.1) is 0 Å². The molecule has 1 aliphatic rings. The van der Waals surface area contributed by atoms with Gasteiger partial charge in [-0.25, -0.2) is 14.4 Å². The van der Waals surface area contributed by atoms with Gasteiger partial charge >= 0.3 is 0 Å². The summed E-state index contributed by atoms with van der Waals surface area (Å²) < 4.78 is 12.9. The Balaban J connectivity index is 1.45. The SMILES string of the molecule is O=C(NCCNc1cc(C2CCNCC2)ncn1)c1ccc(F)cc1. The van der Waals surface area contributed by atoms with E-state index < -0.39 is 0 Å². The van der Waals surface area contributed by atoms with Crippen molar-refractivity contribution in [1.29, 1.82) is 0 Å². The monoisotopic (exact) mass is 343 g/mol. The molecule has 1 fully saturated rings. The van der Waals surface area contributed by atoms with Crippen LogP contribution in [-0.4, -0.2) is 42.1 Å². The third kappa shape index (κ3) is 4.96. The second kappa shape index (κ2) is 8.53. The van der Waals surface area contributed by atoms with Gasteiger partial charge in [0.1, 0.15) is 18.0 Å². The molecule has 1 amide bonds. The smallest absolute Gasteiger partial charge is 0.251 e. The number of hydrogen-bond acceptors (Lipinski definition) is 5. The molecule has 6 nitrogen and oxygen atoms in total. The van der Waals surface area contributed by atoms with Crippen LogP contribution in [0.2, 0.25) is 0 Å². The molecule has 1 saturated heterocycles. The lowest BCUT2D eigenvalue weighted by Crippen LogP contribution is -2.29. The highest BCUT2D eigenvalue weighted by Gasteiger charge is 2.16. The first-order valence-corrected chi connectivity index (χ1v) is 8.52. The highest BCUT2D eigenvalue weighted by Crippen LogP contribution is 2.24. The van der Waals surface area contributed by atoms with Crippen molar-refractivity contribution >= 4 is 11.7 Å². The molecule has 0 saturated carbocycles. The molecule has 1 aromatic heterocycles. The summed E-state index contributed by atoms with van der Waals surface area (Å²) in [4.78, 5) is 20.5. The molecule has 7 heteroatoms. The van der Waals surface area contributed by atoms with Crippen LogP contribution in [0.15, 0.2) is 36.7 Å². The molecule has 132 valence electrons. The number of carbonyl (C=O) groups is 1. The van der Waals surface area contributed by atoms with Crippen LogP contribution in [0.3, 0.4) is 0 Å². The van der Waals surface area contributed by atoms with Gasteiger partial charge in [0, 0.05) is 36.3 Å². The maximum Gasteiger partial charge on any atom is 0.251 e. The van der Waals surface area contributed by atoms with E-state index >= 15 is 0 Å². The second-order valence-electron chi connectivity index (χ2n) is 6.04. The molecule has 2 heterocycles. The van der Waals surface area contributed by atoms with Gasteiger partial charge in [-0.2, -0.15) is 0 Å². The molecule has 0 bridgehead atoms. The zero-order valence-electron chi connectivity index (χ0n) is 14.0. The predicted molar refractivity (Wildman–Crippen MR) is 94.1 cm³/mol. The molecule has 0 unspecified atom stereocenters. The van der Waals surface area contributed by atoms with E-state index in [2.05, 4.69) is 25.9 Å². The quantitative estimate of drug-likeness (QED) is 0.699. The molecule has 3 rings (SSSR count). The maximum atomic E-state index is 12.9. The molecule has 2 aromatic rings. The van der Waals surface area contributed by atoms with Crippen LogP contribution >= 0.6 is 0 Å². The number of nitrogens with one attached hydrogen (secondary N) is 3. The highest BCUT2D eigenvalue weighted by atomic mass is 19.1. The largest absolute Gasteiger partial charge is 0.368 e. The van der Waals surface area contributed by atoms with E-state index in [1.165, 1.54) is 24.3 Å². The van der Waals surface area contributed by atoms with Gasteiger partial charge in [-0.05, 0) is 50.2 Å². The van der Waals surface area contributed by atoms with Crippen molar-refractivity contribution in [1.82, 2.24) is 20.6 Å². The Labute approximate surface area is 146 Å². The number of rotatable bonds is 6. The van der Waals surface area contributed by atoms with Gasteiger partial charge in [-0.15, -0.1) is 0 Å². The van der Waals surface area contributed by atoms with Crippen molar-refractivity contribution in [2.24, 2.45) is 0 Å². The van der Waals surface area contributed by atoms with E-state index in [-0.39, 0.29) is 11.7 Å². The molecule has 3 N–H and O–H groups in total. The lowest BCUT2D eigenvalue weighted by atomic mass is 9.94. The summed E-state index contributed by atoms with van der Waals surface area (Å²) in [7, 11) is 0. The zero-order valence-corrected chi connectivity index (χ0v) is 14.0. The molecule has 1 aromatic carbocycles. The Morgan fingerprint density at radius 3 is 2.68 bits per heavy atom. The molecule has 0 radical (unpaired) electrons. The Hall–Kier alpha value is -2.54. The van der Waals surface area contributed by atoms with Crippen molar-refractivity contribution in [3.8, 4) is 0 Å². The maximum absolute atomic E-state index is 12.9. The van der Waals surface area contributed by atoms with Crippen molar-refractivity contribution < 1.29 is 9.18 Å². The van der Waals surface area contributed by atoms with Crippen LogP contribution in [0.1, 0.15) is 34.8 Å². The predicted octanol–water partition coefficient (Wildman–Crippen LogP) is 1.92. The van der Waals surface area contributed by atoms with E-state index in [9.17, 15) is 9.18 Å². The minimum absolute atomic E-state index is 0.222. The number of piperidine rings is 1. The number of nitrogens with zero attached hydrogens (tertiary/aromatic N) is 2. The van der Waals surface area contributed by atoms with E-state index in [1.807, 2.05) is 6.07 Å². The summed E-state index contributed by atoms with van der Waals surface area (Å²) in [6.07, 6.45) is 3.76. The van der Waals surface area contributed by atoms with Crippen LogP contribution in [0.25, 0.3) is 0 Å². The van der Waals surface area contributed by atoms with Gasteiger partial charge in [-0.1, -0.05) is 0 Å².